The van der Waals surface area contributed by atoms with Crippen molar-refractivity contribution in [2.24, 2.45) is 0 Å². The lowest BCUT2D eigenvalue weighted by atomic mass is 9.84. The van der Waals surface area contributed by atoms with Gasteiger partial charge in [-0.2, -0.15) is 0 Å². The molecule has 2 atom stereocenters. The van der Waals surface area contributed by atoms with E-state index in [9.17, 15) is 8.42 Å². The van der Waals surface area contributed by atoms with E-state index in [1.807, 2.05) is 0 Å². The quantitative estimate of drug-likeness (QED) is 0.0456. The number of hydrogen-bond acceptors (Lipinski definition) is 6. The van der Waals surface area contributed by atoms with Crippen molar-refractivity contribution in [3.8, 4) is 89.0 Å². The topological polar surface area (TPSA) is 59.1 Å². The largest absolute Gasteiger partial charge is 0.310 e. The summed E-state index contributed by atoms with van der Waals surface area (Å²) in [5.74, 6) is 0.877. The average Bonchev–Trinajstić information content (AvgIpc) is 0.738. The second-order valence-electron chi connectivity index (χ2n) is 30.1. The van der Waals surface area contributed by atoms with Gasteiger partial charge in [-0.15, -0.1) is 0 Å². The van der Waals surface area contributed by atoms with Gasteiger partial charge in [-0.05, 0) is 282 Å². The predicted molar refractivity (Wildman–Crippen MR) is 466 cm³/mol. The summed E-state index contributed by atoms with van der Waals surface area (Å²) in [4.78, 5) is 4.85. The Morgan fingerprint density at radius 1 is 0.264 bits per heavy atom. The summed E-state index contributed by atoms with van der Waals surface area (Å²) in [5, 5.41) is 0. The molecule has 2 unspecified atom stereocenters. The van der Waals surface area contributed by atoms with E-state index in [1.165, 1.54) is 116 Å². The Morgan fingerprint density at radius 3 is 0.845 bits per heavy atom. The molecule has 2 aliphatic heterocycles. The van der Waals surface area contributed by atoms with Crippen molar-refractivity contribution in [1.29, 1.82) is 0 Å². The van der Waals surface area contributed by atoms with Crippen LogP contribution in [0.5, 0.6) is 0 Å². The minimum atomic E-state index is -1.26. The normalized spacial score (nSPS) is 13.9. The molecule has 0 N–H and O–H groups in total. The third kappa shape index (κ3) is 17.3. The zero-order valence-corrected chi connectivity index (χ0v) is 66.3. The van der Waals surface area contributed by atoms with Gasteiger partial charge in [-0.25, -0.2) is 8.42 Å². The van der Waals surface area contributed by atoms with Gasteiger partial charge in [-0.1, -0.05) is 273 Å². The van der Waals surface area contributed by atoms with Gasteiger partial charge in [0.25, 0.3) is 0 Å². The molecule has 15 rings (SSSR count). The second-order valence-corrected chi connectivity index (χ2v) is 32.3. The summed E-state index contributed by atoms with van der Waals surface area (Å²) in [6, 6.07) is 105. The number of benzene rings is 13. The fourth-order valence-electron chi connectivity index (χ4n) is 16.1. The van der Waals surface area contributed by atoms with E-state index in [0.29, 0.717) is 24.7 Å². The average molecular weight is 1480 g/mol. The summed E-state index contributed by atoms with van der Waals surface area (Å²) in [5.41, 5.74) is 38.3. The number of unbranched alkanes of at least 4 members (excludes halogenated alkanes) is 6. The summed E-state index contributed by atoms with van der Waals surface area (Å²) < 4.78 is 35.2. The highest BCUT2D eigenvalue weighted by Crippen LogP contribution is 2.45. The van der Waals surface area contributed by atoms with Gasteiger partial charge < -0.3 is 9.80 Å². The lowest BCUT2D eigenvalue weighted by Crippen LogP contribution is -2.10. The first-order valence-corrected chi connectivity index (χ1v) is 42.5. The molecule has 0 saturated heterocycles. The van der Waals surface area contributed by atoms with Crippen molar-refractivity contribution < 1.29 is 16.8 Å². The van der Waals surface area contributed by atoms with Crippen molar-refractivity contribution in [1.82, 2.24) is 0 Å². The van der Waals surface area contributed by atoms with E-state index >= 15 is 0 Å². The van der Waals surface area contributed by atoms with Gasteiger partial charge in [0.2, 0.25) is 0 Å². The van der Waals surface area contributed by atoms with Crippen LogP contribution in [0.4, 0.5) is 34.1 Å². The Morgan fingerprint density at radius 2 is 0.545 bits per heavy atom. The van der Waals surface area contributed by atoms with E-state index in [4.69, 9.17) is 8.37 Å². The number of rotatable bonds is 28. The first-order chi connectivity index (χ1) is 53.9. The molecular weight excluding hydrogens is 1380 g/mol. The number of hydrogen-bond donors (Lipinski definition) is 0. The van der Waals surface area contributed by atoms with Crippen molar-refractivity contribution in [3.05, 3.63) is 335 Å². The third-order valence-corrected chi connectivity index (χ3v) is 24.2. The lowest BCUT2D eigenvalue weighted by molar-refractivity contribution is 0.327. The molecule has 2 heterocycles. The summed E-state index contributed by atoms with van der Waals surface area (Å²) in [6.45, 7) is 14.5. The van der Waals surface area contributed by atoms with Crippen LogP contribution in [0.2, 0.25) is 0 Å². The molecule has 0 radical (unpaired) electrons. The molecule has 0 amide bonds. The number of fused-ring (bicyclic) bond motifs is 2. The maximum atomic E-state index is 12.1. The van der Waals surface area contributed by atoms with Gasteiger partial charge in [0.05, 0.1) is 24.7 Å². The molecule has 13 aromatic rings. The minimum absolute atomic E-state index is 0.373. The van der Waals surface area contributed by atoms with Gasteiger partial charge in [-0.3, -0.25) is 8.37 Å². The Hall–Kier alpha value is -10.3. The van der Waals surface area contributed by atoms with Crippen molar-refractivity contribution in [2.75, 3.05) is 9.80 Å². The van der Waals surface area contributed by atoms with Crippen LogP contribution in [-0.2, 0) is 80.9 Å². The van der Waals surface area contributed by atoms with E-state index in [1.54, 1.807) is 0 Å². The highest BCUT2D eigenvalue weighted by atomic mass is 32.2. The molecule has 6 nitrogen and oxygen atoms in total. The van der Waals surface area contributed by atoms with Crippen molar-refractivity contribution in [2.45, 2.75) is 156 Å². The second kappa shape index (κ2) is 35.1. The van der Waals surface area contributed by atoms with Gasteiger partial charge >= 0.3 is 0 Å². The molecule has 0 spiro atoms. The molecule has 0 saturated carbocycles. The number of anilines is 6. The van der Waals surface area contributed by atoms with Crippen LogP contribution in [0.25, 0.3) is 89.0 Å². The molecule has 0 aromatic heterocycles. The molecule has 2 aliphatic rings. The standard InChI is InChI=1S/C102H100N2O4S2/c1-7-11-13-15-19-87-65-102(100-60-58-98(62-72(100)6)104(94-51-43-80(44-52-94)76-27-23-74(18-10-4)24-28-76)96-55-47-82(48-56-96)78-31-35-84(36-32-78)86-38-40-90-70-110(106)108-68-92(90)64-86)88(20-16-14-12-8-2)66-101(87)99-59-57-97(61-71(99)5)103(93-49-41-79(42-50-93)75-25-21-73(17-9-3)22-26-75)95-53-45-81(46-54-95)77-29-33-83(34-30-77)85-37-39-89-69-109(105)107-67-91(89)63-85/h21-66H,7-20,67-70H2,1-6H3. The molecule has 0 fully saturated rings. The third-order valence-electron chi connectivity index (χ3n) is 22.4. The molecule has 0 bridgehead atoms. The first-order valence-electron chi connectivity index (χ1n) is 40.0. The Bertz CT molecular complexity index is 5040. The van der Waals surface area contributed by atoms with Gasteiger partial charge in [0, 0.05) is 34.1 Å². The summed E-state index contributed by atoms with van der Waals surface area (Å²) >= 11 is -2.52. The Labute approximate surface area is 658 Å². The van der Waals surface area contributed by atoms with Crippen LogP contribution in [-0.4, -0.2) is 8.42 Å². The summed E-state index contributed by atoms with van der Waals surface area (Å²) in [6.07, 6.45) is 15.9. The summed E-state index contributed by atoms with van der Waals surface area (Å²) in [7, 11) is 0. The number of aryl methyl sites for hydroxylation is 6. The number of nitrogens with zero attached hydrogens (tertiary/aromatic N) is 2. The fourth-order valence-corrected chi connectivity index (χ4v) is 17.9. The molecule has 110 heavy (non-hydrogen) atoms. The molecule has 13 aromatic carbocycles. The van der Waals surface area contributed by atoms with Gasteiger partial charge in [0.1, 0.15) is 0 Å². The van der Waals surface area contributed by atoms with Gasteiger partial charge in [0.15, 0.2) is 22.2 Å². The van der Waals surface area contributed by atoms with Crippen LogP contribution < -0.4 is 9.80 Å². The van der Waals surface area contributed by atoms with Crippen molar-refractivity contribution in [3.63, 3.8) is 0 Å². The molecular formula is C102H100N2O4S2. The fraction of sp³-hybridized carbons (Fsp3) is 0.235. The lowest BCUT2D eigenvalue weighted by Gasteiger charge is -2.28. The smallest absolute Gasteiger partial charge is 0.160 e. The zero-order chi connectivity index (χ0) is 75.5. The van der Waals surface area contributed by atoms with E-state index < -0.39 is 22.2 Å². The molecule has 0 aliphatic carbocycles. The van der Waals surface area contributed by atoms with Crippen molar-refractivity contribution >= 4 is 56.3 Å². The van der Waals surface area contributed by atoms with Crippen LogP contribution in [0, 0.1) is 13.8 Å². The highest BCUT2D eigenvalue weighted by molar-refractivity contribution is 7.79. The maximum absolute atomic E-state index is 12.1. The Balaban J connectivity index is 0.767. The molecule has 554 valence electrons. The SMILES string of the molecule is CCCCCCc1cc(-c2ccc(N(c3ccc(-c4ccc(CCC)cc4)cc3)c3ccc(-c4ccc(-c5ccc6c(c5)COS(=O)C6)cc4)cc3)cc2C)c(CCCCCC)cc1-c1ccc(N(c2ccc(-c3ccc(CCC)cc3)cc2)c2ccc(-c3ccc(-c4ccc5c(c4)COS(=O)C5)cc3)cc2)cc1C. The van der Waals surface area contributed by atoms with E-state index in [2.05, 4.69) is 330 Å². The van der Waals surface area contributed by atoms with Crippen LogP contribution in [0.3, 0.4) is 0 Å². The first kappa shape index (κ1) is 75.1. The molecule has 8 heteroatoms. The maximum Gasteiger partial charge on any atom is 0.160 e. The predicted octanol–water partition coefficient (Wildman–Crippen LogP) is 28.1. The minimum Gasteiger partial charge on any atom is -0.310 e. The van der Waals surface area contributed by atoms with Crippen LogP contribution >= 0.6 is 0 Å². The van der Waals surface area contributed by atoms with Crippen LogP contribution in [0.15, 0.2) is 279 Å². The zero-order valence-electron chi connectivity index (χ0n) is 64.6. The highest BCUT2D eigenvalue weighted by Gasteiger charge is 2.24. The monoisotopic (exact) mass is 1480 g/mol. The van der Waals surface area contributed by atoms with Crippen LogP contribution in [0.1, 0.15) is 148 Å². The van der Waals surface area contributed by atoms with E-state index in [-0.39, 0.29) is 0 Å². The van der Waals surface area contributed by atoms with E-state index in [0.717, 1.165) is 152 Å². The Kier molecular flexibility index (Phi) is 24.0.